The quantitative estimate of drug-likeness (QED) is 0.523. The number of methoxy groups -OCH3 is 1. The van der Waals surface area contributed by atoms with E-state index in [9.17, 15) is 13.2 Å². The molecule has 8 nitrogen and oxygen atoms in total. The Morgan fingerprint density at radius 3 is 2.41 bits per heavy atom. The molecule has 2 N–H and O–H groups in total. The summed E-state index contributed by atoms with van der Waals surface area (Å²) in [6, 6.07) is 12.6. The largest absolute Gasteiger partial charge is 0.495 e. The van der Waals surface area contributed by atoms with Gasteiger partial charge < -0.3 is 14.6 Å². The second-order valence-electron chi connectivity index (χ2n) is 8.10. The molecule has 0 aliphatic rings. The van der Waals surface area contributed by atoms with Crippen LogP contribution in [0, 0.1) is 0 Å². The Kier molecular flexibility index (Phi) is 6.92. The van der Waals surface area contributed by atoms with E-state index < -0.39 is 15.9 Å². The van der Waals surface area contributed by atoms with E-state index in [1.165, 1.54) is 25.3 Å². The van der Waals surface area contributed by atoms with E-state index in [2.05, 4.69) is 15.2 Å². The smallest absolute Gasteiger partial charge is 0.256 e. The fourth-order valence-electron chi connectivity index (χ4n) is 2.76. The van der Waals surface area contributed by atoms with Gasteiger partial charge in [-0.1, -0.05) is 49.7 Å². The number of anilines is 1. The molecule has 1 aromatic heterocycles. The number of hydrogen-bond acceptors (Lipinski definition) is 6. The van der Waals surface area contributed by atoms with Crippen LogP contribution in [0.15, 0.2) is 57.9 Å². The van der Waals surface area contributed by atoms with Gasteiger partial charge >= 0.3 is 0 Å². The third-order valence-corrected chi connectivity index (χ3v) is 6.26. The zero-order valence-electron chi connectivity index (χ0n) is 18.1. The Hall–Kier alpha value is -2.88. The van der Waals surface area contributed by atoms with Gasteiger partial charge in [0.1, 0.15) is 16.4 Å². The van der Waals surface area contributed by atoms with Gasteiger partial charge in [-0.3, -0.25) is 4.79 Å². The summed E-state index contributed by atoms with van der Waals surface area (Å²) in [6.45, 7) is 5.91. The highest BCUT2D eigenvalue weighted by Gasteiger charge is 2.23. The van der Waals surface area contributed by atoms with Crippen LogP contribution in [0.4, 0.5) is 5.82 Å². The van der Waals surface area contributed by atoms with E-state index in [4.69, 9.17) is 20.9 Å². The third-order valence-electron chi connectivity index (χ3n) is 4.59. The fourth-order valence-corrected chi connectivity index (χ4v) is 4.10. The van der Waals surface area contributed by atoms with Crippen LogP contribution in [0.3, 0.4) is 0 Å². The minimum Gasteiger partial charge on any atom is -0.495 e. The monoisotopic (exact) mass is 477 g/mol. The lowest BCUT2D eigenvalue weighted by Gasteiger charge is -2.13. The van der Waals surface area contributed by atoms with Crippen molar-refractivity contribution in [3.8, 4) is 5.75 Å². The summed E-state index contributed by atoms with van der Waals surface area (Å²) in [4.78, 5) is 12.5. The van der Waals surface area contributed by atoms with Gasteiger partial charge in [-0.2, -0.15) is 0 Å². The van der Waals surface area contributed by atoms with Crippen molar-refractivity contribution in [2.24, 2.45) is 0 Å². The molecule has 0 saturated carbocycles. The molecule has 0 aliphatic heterocycles. The first-order valence-corrected chi connectivity index (χ1v) is 11.6. The number of benzene rings is 2. The van der Waals surface area contributed by atoms with Gasteiger partial charge in [0, 0.05) is 28.6 Å². The summed E-state index contributed by atoms with van der Waals surface area (Å²) >= 11 is 5.86. The van der Waals surface area contributed by atoms with Crippen LogP contribution in [-0.2, 0) is 22.0 Å². The van der Waals surface area contributed by atoms with E-state index in [-0.39, 0.29) is 34.0 Å². The van der Waals surface area contributed by atoms with Crippen molar-refractivity contribution in [2.75, 3.05) is 12.4 Å². The van der Waals surface area contributed by atoms with Gasteiger partial charge in [0.05, 0.1) is 7.11 Å². The Balaban J connectivity index is 1.81. The second-order valence-corrected chi connectivity index (χ2v) is 10.3. The second kappa shape index (κ2) is 9.32. The Bertz CT molecular complexity index is 1220. The van der Waals surface area contributed by atoms with Crippen molar-refractivity contribution in [1.82, 2.24) is 9.88 Å². The summed E-state index contributed by atoms with van der Waals surface area (Å²) in [7, 11) is -2.62. The average Bonchev–Trinajstić information content (AvgIpc) is 3.22. The molecule has 3 rings (SSSR count). The maximum Gasteiger partial charge on any atom is 0.256 e. The number of aromatic nitrogens is 1. The molecule has 0 bridgehead atoms. The van der Waals surface area contributed by atoms with Gasteiger partial charge in [-0.15, -0.1) is 0 Å². The van der Waals surface area contributed by atoms with Crippen molar-refractivity contribution in [1.29, 1.82) is 0 Å². The molecule has 0 radical (unpaired) electrons. The summed E-state index contributed by atoms with van der Waals surface area (Å²) < 4.78 is 38.8. The van der Waals surface area contributed by atoms with E-state index in [1.54, 1.807) is 30.3 Å². The van der Waals surface area contributed by atoms with Gasteiger partial charge in [-0.05, 0) is 35.9 Å². The molecule has 1 amide bonds. The van der Waals surface area contributed by atoms with Crippen molar-refractivity contribution in [3.63, 3.8) is 0 Å². The van der Waals surface area contributed by atoms with E-state index >= 15 is 0 Å². The zero-order chi connectivity index (χ0) is 23.5. The molecule has 2 aromatic carbocycles. The highest BCUT2D eigenvalue weighted by atomic mass is 35.5. The number of nitrogens with one attached hydrogen (secondary N) is 2. The highest BCUT2D eigenvalue weighted by Crippen LogP contribution is 2.27. The van der Waals surface area contributed by atoms with E-state index in [1.807, 2.05) is 20.8 Å². The number of amides is 1. The Labute approximate surface area is 192 Å². The lowest BCUT2D eigenvalue weighted by molar-refractivity contribution is 0.102. The van der Waals surface area contributed by atoms with Crippen molar-refractivity contribution in [3.05, 3.63) is 70.4 Å². The normalized spacial score (nSPS) is 11.9. The molecular weight excluding hydrogens is 454 g/mol. The van der Waals surface area contributed by atoms with Gasteiger partial charge in [0.2, 0.25) is 10.0 Å². The Morgan fingerprint density at radius 1 is 1.12 bits per heavy atom. The molecule has 0 unspecified atom stereocenters. The minimum atomic E-state index is -3.98. The van der Waals surface area contributed by atoms with Crippen molar-refractivity contribution >= 4 is 33.3 Å². The zero-order valence-corrected chi connectivity index (χ0v) is 19.7. The summed E-state index contributed by atoms with van der Waals surface area (Å²) in [6.07, 6.45) is 0. The first-order valence-electron chi connectivity index (χ1n) is 9.70. The standard InChI is InChI=1S/C22H24ClN3O5S/c1-22(2,3)19-12-20(26-31-19)25-21(27)15-7-10-17(30-4)18(11-15)32(28,29)24-13-14-5-8-16(23)9-6-14/h5-12,24H,13H2,1-4H3,(H,25,26,27). The number of carbonyl (C=O) groups is 1. The van der Waals surface area contributed by atoms with Crippen LogP contribution in [0.1, 0.15) is 42.5 Å². The van der Waals surface area contributed by atoms with Gasteiger partial charge in [-0.25, -0.2) is 13.1 Å². The van der Waals surface area contributed by atoms with Gasteiger partial charge in [0.15, 0.2) is 5.82 Å². The summed E-state index contributed by atoms with van der Waals surface area (Å²) in [5.74, 6) is 0.426. The molecule has 3 aromatic rings. The number of sulfonamides is 1. The molecule has 0 atom stereocenters. The molecule has 0 spiro atoms. The minimum absolute atomic E-state index is 0.0492. The van der Waals surface area contributed by atoms with Crippen LogP contribution in [0.25, 0.3) is 0 Å². The van der Waals surface area contributed by atoms with Crippen LogP contribution in [0.5, 0.6) is 5.75 Å². The van der Waals surface area contributed by atoms with Crippen LogP contribution in [0.2, 0.25) is 5.02 Å². The predicted octanol–water partition coefficient (Wildman–Crippen LogP) is 4.36. The molecule has 170 valence electrons. The molecule has 0 saturated heterocycles. The molecule has 32 heavy (non-hydrogen) atoms. The number of carbonyl (C=O) groups excluding carboxylic acids is 1. The Morgan fingerprint density at radius 2 is 1.81 bits per heavy atom. The highest BCUT2D eigenvalue weighted by molar-refractivity contribution is 7.89. The van der Waals surface area contributed by atoms with Crippen LogP contribution >= 0.6 is 11.6 Å². The van der Waals surface area contributed by atoms with Crippen LogP contribution < -0.4 is 14.8 Å². The lowest BCUT2D eigenvalue weighted by Crippen LogP contribution is -2.24. The maximum atomic E-state index is 12.9. The molecule has 1 heterocycles. The van der Waals surface area contributed by atoms with Crippen molar-refractivity contribution in [2.45, 2.75) is 37.6 Å². The molecule has 0 aliphatic carbocycles. The predicted molar refractivity (Wildman–Crippen MR) is 122 cm³/mol. The summed E-state index contributed by atoms with van der Waals surface area (Å²) in [5, 5.41) is 7.02. The molecule has 0 fully saturated rings. The topological polar surface area (TPSA) is 111 Å². The van der Waals surface area contributed by atoms with Crippen molar-refractivity contribution < 1.29 is 22.5 Å². The van der Waals surface area contributed by atoms with E-state index in [0.717, 1.165) is 5.56 Å². The van der Waals surface area contributed by atoms with E-state index in [0.29, 0.717) is 10.8 Å². The van der Waals surface area contributed by atoms with Crippen LogP contribution in [-0.4, -0.2) is 26.6 Å². The SMILES string of the molecule is COc1ccc(C(=O)Nc2cc(C(C)(C)C)on2)cc1S(=O)(=O)NCc1ccc(Cl)cc1. The number of hydrogen-bond donors (Lipinski definition) is 2. The van der Waals surface area contributed by atoms with Gasteiger partial charge in [0.25, 0.3) is 5.91 Å². The number of ether oxygens (including phenoxy) is 1. The number of nitrogens with zero attached hydrogens (tertiary/aromatic N) is 1. The average molecular weight is 478 g/mol. The lowest BCUT2D eigenvalue weighted by atomic mass is 9.93. The molecular formula is C22H24ClN3O5S. The maximum absolute atomic E-state index is 12.9. The fraction of sp³-hybridized carbons (Fsp3) is 0.273. The third kappa shape index (κ3) is 5.67. The first-order chi connectivity index (χ1) is 15.0. The molecule has 10 heteroatoms. The first kappa shape index (κ1) is 23.8. The summed E-state index contributed by atoms with van der Waals surface area (Å²) in [5.41, 5.74) is 0.581. The number of halogens is 1. The number of rotatable bonds is 7.